The first-order valence-corrected chi connectivity index (χ1v) is 9.90. The van der Waals surface area contributed by atoms with Crippen molar-refractivity contribution in [2.45, 2.75) is 44.9 Å². The van der Waals surface area contributed by atoms with E-state index in [1.165, 1.54) is 55.6 Å². The molecule has 0 aromatic heterocycles. The predicted molar refractivity (Wildman–Crippen MR) is 106 cm³/mol. The number of likely N-dealkylation sites (tertiary alicyclic amines) is 1. The first-order chi connectivity index (χ1) is 12.3. The van der Waals surface area contributed by atoms with Gasteiger partial charge in [0.05, 0.1) is 0 Å². The number of aryl methyl sites for hydroxylation is 1. The molecule has 1 N–H and O–H groups in total. The predicted octanol–water partition coefficient (Wildman–Crippen LogP) is 4.70. The highest BCUT2D eigenvalue weighted by Gasteiger charge is 2.22. The lowest BCUT2D eigenvalue weighted by molar-refractivity contribution is 0.229. The fourth-order valence-electron chi connectivity index (χ4n) is 4.51. The van der Waals surface area contributed by atoms with Crippen molar-refractivity contribution >= 4 is 0 Å². The average molecular weight is 335 g/mol. The molecule has 1 aromatic rings. The van der Waals surface area contributed by atoms with Gasteiger partial charge in [0.15, 0.2) is 0 Å². The van der Waals surface area contributed by atoms with Crippen LogP contribution in [0.4, 0.5) is 0 Å². The van der Waals surface area contributed by atoms with E-state index in [1.54, 1.807) is 11.1 Å². The third-order valence-electron chi connectivity index (χ3n) is 6.05. The molecule has 4 rings (SSSR count). The molecule has 2 heterocycles. The van der Waals surface area contributed by atoms with E-state index in [2.05, 4.69) is 59.6 Å². The monoisotopic (exact) mass is 334 g/mol. The third kappa shape index (κ3) is 3.90. The lowest BCUT2D eigenvalue weighted by Gasteiger charge is -2.33. The molecule has 1 saturated heterocycles. The molecule has 1 aliphatic carbocycles. The molecule has 2 aliphatic heterocycles. The molecular formula is C23H30N2. The lowest BCUT2D eigenvalue weighted by atomic mass is 9.87. The molecule has 2 nitrogen and oxygen atoms in total. The van der Waals surface area contributed by atoms with Gasteiger partial charge in [-0.1, -0.05) is 36.4 Å². The van der Waals surface area contributed by atoms with Gasteiger partial charge in [0, 0.05) is 18.8 Å². The highest BCUT2D eigenvalue weighted by Crippen LogP contribution is 2.31. The van der Waals surface area contributed by atoms with Crippen LogP contribution >= 0.6 is 0 Å². The molecule has 0 amide bonds. The minimum atomic E-state index is 0.745. The quantitative estimate of drug-likeness (QED) is 0.862. The Hall–Kier alpha value is -1.80. The van der Waals surface area contributed by atoms with Gasteiger partial charge in [-0.05, 0) is 86.4 Å². The second kappa shape index (κ2) is 7.61. The summed E-state index contributed by atoms with van der Waals surface area (Å²) in [4.78, 5) is 2.64. The second-order valence-electron chi connectivity index (χ2n) is 7.77. The van der Waals surface area contributed by atoms with Crippen molar-refractivity contribution in [1.82, 2.24) is 10.2 Å². The molecule has 0 bridgehead atoms. The summed E-state index contributed by atoms with van der Waals surface area (Å²) in [6.45, 7) is 6.93. The molecule has 0 atom stereocenters. The molecule has 1 aromatic carbocycles. The molecule has 25 heavy (non-hydrogen) atoms. The Balaban J connectivity index is 1.33. The van der Waals surface area contributed by atoms with E-state index in [0.717, 1.165) is 25.4 Å². The number of nitrogens with zero attached hydrogens (tertiary/aromatic N) is 1. The Morgan fingerprint density at radius 3 is 2.80 bits per heavy atom. The SMILES string of the molecule is Cc1ccccc1C1CCN(CC2=CCC3=C(C=C2)NCCC3)CC1. The lowest BCUT2D eigenvalue weighted by Crippen LogP contribution is -2.34. The van der Waals surface area contributed by atoms with Gasteiger partial charge < -0.3 is 5.32 Å². The highest BCUT2D eigenvalue weighted by atomic mass is 15.1. The standard InChI is InChI=1S/C23H30N2/c1-18-5-2-3-7-22(18)20-12-15-25(16-13-20)17-19-8-10-21-6-4-14-24-23(21)11-9-19/h2-3,5,7-9,11,20,24H,4,6,10,12-17H2,1H3. The van der Waals surface area contributed by atoms with E-state index in [0.29, 0.717) is 0 Å². The molecule has 2 heteroatoms. The number of rotatable bonds is 3. The number of allylic oxidation sites excluding steroid dienone is 3. The van der Waals surface area contributed by atoms with Gasteiger partial charge in [0.25, 0.3) is 0 Å². The van der Waals surface area contributed by atoms with Crippen molar-refractivity contribution in [3.05, 3.63) is 70.5 Å². The van der Waals surface area contributed by atoms with Crippen molar-refractivity contribution in [3.63, 3.8) is 0 Å². The molecule has 1 fully saturated rings. The van der Waals surface area contributed by atoms with Gasteiger partial charge in [0.1, 0.15) is 0 Å². The van der Waals surface area contributed by atoms with Crippen LogP contribution in [0, 0.1) is 6.92 Å². The maximum Gasteiger partial charge on any atom is 0.0335 e. The number of benzene rings is 1. The van der Waals surface area contributed by atoms with Crippen molar-refractivity contribution in [2.75, 3.05) is 26.2 Å². The number of hydrogen-bond acceptors (Lipinski definition) is 2. The van der Waals surface area contributed by atoms with Crippen LogP contribution in [0.15, 0.2) is 59.3 Å². The molecule has 0 saturated carbocycles. The summed E-state index contributed by atoms with van der Waals surface area (Å²) in [5.41, 5.74) is 7.50. The second-order valence-corrected chi connectivity index (χ2v) is 7.77. The van der Waals surface area contributed by atoms with Crippen LogP contribution in [0.2, 0.25) is 0 Å². The van der Waals surface area contributed by atoms with Crippen LogP contribution in [0.25, 0.3) is 0 Å². The van der Waals surface area contributed by atoms with Gasteiger partial charge in [-0.25, -0.2) is 0 Å². The number of piperidine rings is 1. The van der Waals surface area contributed by atoms with Crippen LogP contribution in [0.3, 0.4) is 0 Å². The van der Waals surface area contributed by atoms with E-state index in [9.17, 15) is 0 Å². The van der Waals surface area contributed by atoms with Crippen LogP contribution in [-0.4, -0.2) is 31.1 Å². The normalized spacial score (nSPS) is 22.2. The molecule has 0 radical (unpaired) electrons. The largest absolute Gasteiger partial charge is 0.385 e. The fraction of sp³-hybridized carbons (Fsp3) is 0.478. The van der Waals surface area contributed by atoms with E-state index < -0.39 is 0 Å². The summed E-state index contributed by atoms with van der Waals surface area (Å²) >= 11 is 0. The summed E-state index contributed by atoms with van der Waals surface area (Å²) in [5.74, 6) is 0.745. The molecule has 132 valence electrons. The molecular weight excluding hydrogens is 304 g/mol. The Kier molecular flexibility index (Phi) is 5.07. The minimum absolute atomic E-state index is 0.745. The van der Waals surface area contributed by atoms with Crippen molar-refractivity contribution < 1.29 is 0 Å². The van der Waals surface area contributed by atoms with Gasteiger partial charge in [-0.2, -0.15) is 0 Å². The van der Waals surface area contributed by atoms with Crippen molar-refractivity contribution in [1.29, 1.82) is 0 Å². The van der Waals surface area contributed by atoms with Gasteiger partial charge in [-0.15, -0.1) is 0 Å². The van der Waals surface area contributed by atoms with E-state index in [1.807, 2.05) is 0 Å². The van der Waals surface area contributed by atoms with Crippen LogP contribution in [0.5, 0.6) is 0 Å². The van der Waals surface area contributed by atoms with Gasteiger partial charge in [0.2, 0.25) is 0 Å². The summed E-state index contributed by atoms with van der Waals surface area (Å²) < 4.78 is 0. The van der Waals surface area contributed by atoms with E-state index in [-0.39, 0.29) is 0 Å². The molecule has 0 unspecified atom stereocenters. The Morgan fingerprint density at radius 2 is 1.96 bits per heavy atom. The zero-order valence-corrected chi connectivity index (χ0v) is 15.4. The smallest absolute Gasteiger partial charge is 0.0335 e. The Morgan fingerprint density at radius 1 is 1.12 bits per heavy atom. The first-order valence-electron chi connectivity index (χ1n) is 9.90. The zero-order valence-electron chi connectivity index (χ0n) is 15.4. The fourth-order valence-corrected chi connectivity index (χ4v) is 4.51. The van der Waals surface area contributed by atoms with Gasteiger partial charge in [-0.3, -0.25) is 4.90 Å². The molecule has 3 aliphatic rings. The maximum absolute atomic E-state index is 3.56. The topological polar surface area (TPSA) is 15.3 Å². The van der Waals surface area contributed by atoms with Crippen LogP contribution in [0.1, 0.15) is 49.1 Å². The van der Waals surface area contributed by atoms with Crippen molar-refractivity contribution in [2.24, 2.45) is 0 Å². The third-order valence-corrected chi connectivity index (χ3v) is 6.05. The maximum atomic E-state index is 3.56. The van der Waals surface area contributed by atoms with E-state index >= 15 is 0 Å². The summed E-state index contributed by atoms with van der Waals surface area (Å²) in [6, 6.07) is 8.93. The number of nitrogens with one attached hydrogen (secondary N) is 1. The first kappa shape index (κ1) is 16.7. The van der Waals surface area contributed by atoms with Crippen LogP contribution in [-0.2, 0) is 0 Å². The van der Waals surface area contributed by atoms with Crippen molar-refractivity contribution in [3.8, 4) is 0 Å². The Labute approximate surface area is 152 Å². The minimum Gasteiger partial charge on any atom is -0.385 e. The number of hydrogen-bond donors (Lipinski definition) is 1. The summed E-state index contributed by atoms with van der Waals surface area (Å²) in [7, 11) is 0. The summed E-state index contributed by atoms with van der Waals surface area (Å²) in [5, 5.41) is 3.56. The molecule has 0 spiro atoms. The summed E-state index contributed by atoms with van der Waals surface area (Å²) in [6.07, 6.45) is 13.4. The highest BCUT2D eigenvalue weighted by molar-refractivity contribution is 5.37. The van der Waals surface area contributed by atoms with E-state index in [4.69, 9.17) is 0 Å². The Bertz CT molecular complexity index is 703. The average Bonchev–Trinajstić information content (AvgIpc) is 2.86. The zero-order chi connectivity index (χ0) is 17.1. The van der Waals surface area contributed by atoms with Gasteiger partial charge >= 0.3 is 0 Å². The van der Waals surface area contributed by atoms with Crippen LogP contribution < -0.4 is 5.32 Å².